The fourth-order valence-corrected chi connectivity index (χ4v) is 2.41. The minimum atomic E-state index is -0.562. The second-order valence-corrected chi connectivity index (χ2v) is 4.29. The molecule has 1 unspecified atom stereocenters. The zero-order valence-electron chi connectivity index (χ0n) is 8.33. The number of halogens is 1. The Kier molecular flexibility index (Phi) is 2.87. The molecule has 0 saturated carbocycles. The lowest BCUT2D eigenvalue weighted by Gasteiger charge is -2.15. The van der Waals surface area contributed by atoms with Crippen LogP contribution in [0.15, 0.2) is 6.07 Å². The molecular weight excluding hydrogens is 214 g/mol. The maximum Gasteiger partial charge on any atom is 0.139 e. The van der Waals surface area contributed by atoms with Gasteiger partial charge in [0.25, 0.3) is 0 Å². The normalized spacial score (nSPS) is 16.5. The summed E-state index contributed by atoms with van der Waals surface area (Å²) in [6.07, 6.45) is 2.95. The smallest absolute Gasteiger partial charge is 0.139 e. The predicted octanol–water partition coefficient (Wildman–Crippen LogP) is 1.53. The van der Waals surface area contributed by atoms with Crippen LogP contribution >= 0.6 is 11.6 Å². The average Bonchev–Trinajstić information content (AvgIpc) is 2.70. The summed E-state index contributed by atoms with van der Waals surface area (Å²) >= 11 is 6.06. The van der Waals surface area contributed by atoms with Gasteiger partial charge in [-0.15, -0.1) is 0 Å². The van der Waals surface area contributed by atoms with E-state index in [-0.39, 0.29) is 12.4 Å². The van der Waals surface area contributed by atoms with E-state index in [2.05, 4.69) is 0 Å². The SMILES string of the molecule is NC(CO)c1cc2c(c(Cl)c1O)CCC2. The van der Waals surface area contributed by atoms with Crippen LogP contribution in [-0.4, -0.2) is 16.8 Å². The van der Waals surface area contributed by atoms with Gasteiger partial charge in [-0.3, -0.25) is 0 Å². The highest BCUT2D eigenvalue weighted by Crippen LogP contribution is 2.39. The van der Waals surface area contributed by atoms with Crippen LogP contribution in [-0.2, 0) is 12.8 Å². The first kappa shape index (κ1) is 10.7. The van der Waals surface area contributed by atoms with Crippen LogP contribution < -0.4 is 5.73 Å². The average molecular weight is 228 g/mol. The largest absolute Gasteiger partial charge is 0.506 e. The van der Waals surface area contributed by atoms with Crippen LogP contribution in [0, 0.1) is 0 Å². The number of aryl methyl sites for hydroxylation is 1. The number of rotatable bonds is 2. The van der Waals surface area contributed by atoms with Gasteiger partial charge >= 0.3 is 0 Å². The van der Waals surface area contributed by atoms with Crippen LogP contribution in [0.5, 0.6) is 5.75 Å². The van der Waals surface area contributed by atoms with Gasteiger partial charge in [-0.1, -0.05) is 17.7 Å². The number of aliphatic hydroxyl groups is 1. The number of phenolic OH excluding ortho intramolecular Hbond substituents is 1. The van der Waals surface area contributed by atoms with Gasteiger partial charge in [0.2, 0.25) is 0 Å². The third-order valence-corrected chi connectivity index (χ3v) is 3.34. The van der Waals surface area contributed by atoms with Crippen molar-refractivity contribution in [3.05, 3.63) is 27.8 Å². The lowest BCUT2D eigenvalue weighted by Crippen LogP contribution is -2.15. The van der Waals surface area contributed by atoms with Gasteiger partial charge in [-0.05, 0) is 30.4 Å². The molecule has 0 aromatic heterocycles. The summed E-state index contributed by atoms with van der Waals surface area (Å²) in [5.74, 6) is 0.0267. The molecule has 4 heteroatoms. The maximum atomic E-state index is 9.84. The number of hydrogen-bond acceptors (Lipinski definition) is 3. The number of nitrogens with two attached hydrogens (primary N) is 1. The predicted molar refractivity (Wildman–Crippen MR) is 59.2 cm³/mol. The minimum absolute atomic E-state index is 0.0267. The van der Waals surface area contributed by atoms with Crippen LogP contribution in [0.2, 0.25) is 5.02 Å². The van der Waals surface area contributed by atoms with Crippen LogP contribution in [0.25, 0.3) is 0 Å². The van der Waals surface area contributed by atoms with Crippen molar-refractivity contribution in [1.82, 2.24) is 0 Å². The Balaban J connectivity index is 2.54. The summed E-state index contributed by atoms with van der Waals surface area (Å²) in [5.41, 5.74) is 8.41. The molecule has 0 amide bonds. The molecule has 15 heavy (non-hydrogen) atoms. The fourth-order valence-electron chi connectivity index (χ4n) is 2.08. The third-order valence-electron chi connectivity index (χ3n) is 2.93. The highest BCUT2D eigenvalue weighted by molar-refractivity contribution is 6.33. The molecule has 0 heterocycles. The highest BCUT2D eigenvalue weighted by atomic mass is 35.5. The summed E-state index contributed by atoms with van der Waals surface area (Å²) in [7, 11) is 0. The number of fused-ring (bicyclic) bond motifs is 1. The van der Waals surface area contributed by atoms with Crippen LogP contribution in [0.3, 0.4) is 0 Å². The zero-order chi connectivity index (χ0) is 11.0. The van der Waals surface area contributed by atoms with Gasteiger partial charge < -0.3 is 15.9 Å². The van der Waals surface area contributed by atoms with E-state index in [0.717, 1.165) is 30.4 Å². The second-order valence-electron chi connectivity index (χ2n) is 3.91. The van der Waals surface area contributed by atoms with Gasteiger partial charge in [0.05, 0.1) is 17.7 Å². The van der Waals surface area contributed by atoms with E-state index in [0.29, 0.717) is 10.6 Å². The van der Waals surface area contributed by atoms with Crippen molar-refractivity contribution in [2.45, 2.75) is 25.3 Å². The Bertz CT molecular complexity index is 393. The van der Waals surface area contributed by atoms with E-state index in [1.807, 2.05) is 6.07 Å². The molecule has 0 radical (unpaired) electrons. The fraction of sp³-hybridized carbons (Fsp3) is 0.455. The van der Waals surface area contributed by atoms with Gasteiger partial charge in [-0.25, -0.2) is 0 Å². The Labute approximate surface area is 93.5 Å². The quantitative estimate of drug-likeness (QED) is 0.718. The van der Waals surface area contributed by atoms with Crippen molar-refractivity contribution in [3.63, 3.8) is 0 Å². The molecule has 3 nitrogen and oxygen atoms in total. The first-order chi connectivity index (χ1) is 7.15. The molecule has 1 aromatic carbocycles. The molecule has 4 N–H and O–H groups in total. The third kappa shape index (κ3) is 1.71. The number of benzene rings is 1. The van der Waals surface area contributed by atoms with Crippen LogP contribution in [0.4, 0.5) is 0 Å². The molecule has 0 spiro atoms. The Morgan fingerprint density at radius 3 is 2.87 bits per heavy atom. The Hall–Kier alpha value is -0.770. The molecule has 0 saturated heterocycles. The van der Waals surface area contributed by atoms with Gasteiger partial charge in [-0.2, -0.15) is 0 Å². The van der Waals surface area contributed by atoms with Crippen molar-refractivity contribution in [2.75, 3.05) is 6.61 Å². The highest BCUT2D eigenvalue weighted by Gasteiger charge is 2.22. The lowest BCUT2D eigenvalue weighted by atomic mass is 10.0. The maximum absolute atomic E-state index is 9.84. The standard InChI is InChI=1S/C11H14ClNO2/c12-10-7-3-1-2-6(7)4-8(11(10)15)9(13)5-14/h4,9,14-15H,1-3,5,13H2. The van der Waals surface area contributed by atoms with Crippen molar-refractivity contribution in [2.24, 2.45) is 5.73 Å². The molecule has 0 fully saturated rings. The first-order valence-corrected chi connectivity index (χ1v) is 5.42. The molecule has 2 rings (SSSR count). The first-order valence-electron chi connectivity index (χ1n) is 5.04. The molecule has 1 aliphatic carbocycles. The molecule has 0 bridgehead atoms. The number of phenols is 1. The summed E-state index contributed by atoms with van der Waals surface area (Å²) in [6.45, 7) is -0.192. The van der Waals surface area contributed by atoms with Crippen LogP contribution in [0.1, 0.15) is 29.2 Å². The van der Waals surface area contributed by atoms with Gasteiger partial charge in [0.1, 0.15) is 5.75 Å². The lowest BCUT2D eigenvalue weighted by molar-refractivity contribution is 0.265. The number of aliphatic hydroxyl groups excluding tert-OH is 1. The van der Waals surface area contributed by atoms with Crippen molar-refractivity contribution < 1.29 is 10.2 Å². The summed E-state index contributed by atoms with van der Waals surface area (Å²) < 4.78 is 0. The van der Waals surface area contributed by atoms with E-state index in [1.165, 1.54) is 0 Å². The van der Waals surface area contributed by atoms with E-state index in [9.17, 15) is 5.11 Å². The summed E-state index contributed by atoms with van der Waals surface area (Å²) in [5, 5.41) is 19.2. The molecular formula is C11H14ClNO2. The Morgan fingerprint density at radius 2 is 2.20 bits per heavy atom. The van der Waals surface area contributed by atoms with Crippen molar-refractivity contribution in [1.29, 1.82) is 0 Å². The molecule has 0 aliphatic heterocycles. The van der Waals surface area contributed by atoms with E-state index in [4.69, 9.17) is 22.4 Å². The van der Waals surface area contributed by atoms with Crippen molar-refractivity contribution >= 4 is 11.6 Å². The monoisotopic (exact) mass is 227 g/mol. The van der Waals surface area contributed by atoms with E-state index >= 15 is 0 Å². The van der Waals surface area contributed by atoms with E-state index < -0.39 is 6.04 Å². The molecule has 82 valence electrons. The molecule has 1 aliphatic rings. The Morgan fingerprint density at radius 1 is 1.47 bits per heavy atom. The summed E-state index contributed by atoms with van der Waals surface area (Å²) in [4.78, 5) is 0. The zero-order valence-corrected chi connectivity index (χ0v) is 9.09. The number of hydrogen-bond donors (Lipinski definition) is 3. The molecule has 1 atom stereocenters. The summed E-state index contributed by atoms with van der Waals surface area (Å²) in [6, 6.07) is 1.30. The van der Waals surface area contributed by atoms with E-state index in [1.54, 1.807) is 0 Å². The van der Waals surface area contributed by atoms with Crippen molar-refractivity contribution in [3.8, 4) is 5.75 Å². The minimum Gasteiger partial charge on any atom is -0.506 e. The number of aromatic hydroxyl groups is 1. The topological polar surface area (TPSA) is 66.5 Å². The van der Waals surface area contributed by atoms with Gasteiger partial charge in [0, 0.05) is 5.56 Å². The van der Waals surface area contributed by atoms with Gasteiger partial charge in [0.15, 0.2) is 0 Å². The second kappa shape index (κ2) is 4.00. The molecule has 1 aromatic rings.